The summed E-state index contributed by atoms with van der Waals surface area (Å²) in [5.74, 6) is -0.360. The number of nitriles is 1. The second-order valence-electron chi connectivity index (χ2n) is 4.80. The first kappa shape index (κ1) is 15.0. The van der Waals surface area contributed by atoms with Crippen LogP contribution in [0.3, 0.4) is 0 Å². The lowest BCUT2D eigenvalue weighted by Crippen LogP contribution is -2.37. The number of amides is 1. The lowest BCUT2D eigenvalue weighted by molar-refractivity contribution is -0.132. The third-order valence-electron chi connectivity index (χ3n) is 3.19. The van der Waals surface area contributed by atoms with E-state index in [-0.39, 0.29) is 17.7 Å². The number of anilines is 1. The largest absolute Gasteiger partial charge is 0.399 e. The minimum atomic E-state index is -0.241. The zero-order valence-corrected chi connectivity index (χ0v) is 11.8. The number of hydrogen-bond acceptors (Lipinski definition) is 3. The molecule has 0 aliphatic heterocycles. The van der Waals surface area contributed by atoms with Crippen molar-refractivity contribution < 1.29 is 4.79 Å². The van der Waals surface area contributed by atoms with Crippen LogP contribution in [0.15, 0.2) is 24.3 Å². The summed E-state index contributed by atoms with van der Waals surface area (Å²) in [4.78, 5) is 14.1. The van der Waals surface area contributed by atoms with Crippen LogP contribution in [0.1, 0.15) is 32.3 Å². The summed E-state index contributed by atoms with van der Waals surface area (Å²) in [6.45, 7) is 6.70. The Kier molecular flexibility index (Phi) is 5.37. The molecule has 1 rings (SSSR count). The molecule has 4 nitrogen and oxygen atoms in total. The molecule has 0 heterocycles. The highest BCUT2D eigenvalue weighted by Crippen LogP contribution is 2.20. The molecule has 0 radical (unpaired) electrons. The van der Waals surface area contributed by atoms with Gasteiger partial charge in [0.15, 0.2) is 0 Å². The molecule has 1 aromatic carbocycles. The van der Waals surface area contributed by atoms with Crippen LogP contribution in [-0.2, 0) is 4.79 Å². The van der Waals surface area contributed by atoms with Crippen LogP contribution in [0.25, 0.3) is 0 Å². The number of carbonyl (C=O) groups is 1. The van der Waals surface area contributed by atoms with Crippen molar-refractivity contribution in [3.63, 3.8) is 0 Å². The summed E-state index contributed by atoms with van der Waals surface area (Å²) in [7, 11) is 0. The zero-order valence-electron chi connectivity index (χ0n) is 11.8. The first-order chi connectivity index (χ1) is 8.99. The van der Waals surface area contributed by atoms with Gasteiger partial charge in [0.1, 0.15) is 0 Å². The van der Waals surface area contributed by atoms with Gasteiger partial charge in [-0.25, -0.2) is 0 Å². The topological polar surface area (TPSA) is 70.1 Å². The summed E-state index contributed by atoms with van der Waals surface area (Å²) < 4.78 is 0. The average Bonchev–Trinajstić information content (AvgIpc) is 2.42. The van der Waals surface area contributed by atoms with Crippen molar-refractivity contribution in [3.05, 3.63) is 29.8 Å². The molecule has 0 spiro atoms. The highest BCUT2D eigenvalue weighted by Gasteiger charge is 2.22. The minimum Gasteiger partial charge on any atom is -0.399 e. The Balaban J connectivity index is 2.83. The van der Waals surface area contributed by atoms with Crippen LogP contribution in [0.4, 0.5) is 5.69 Å². The first-order valence-corrected chi connectivity index (χ1v) is 6.53. The summed E-state index contributed by atoms with van der Waals surface area (Å²) in [5, 5.41) is 8.85. The van der Waals surface area contributed by atoms with Gasteiger partial charge < -0.3 is 10.6 Å². The monoisotopic (exact) mass is 259 g/mol. The van der Waals surface area contributed by atoms with E-state index in [1.165, 1.54) is 0 Å². The number of nitrogen functional groups attached to an aromatic ring is 1. The van der Waals surface area contributed by atoms with Crippen molar-refractivity contribution in [2.45, 2.75) is 26.7 Å². The van der Waals surface area contributed by atoms with E-state index in [0.717, 1.165) is 5.56 Å². The van der Waals surface area contributed by atoms with Crippen LogP contribution < -0.4 is 5.73 Å². The van der Waals surface area contributed by atoms with Crippen molar-refractivity contribution in [1.29, 1.82) is 5.26 Å². The van der Waals surface area contributed by atoms with Gasteiger partial charge in [0.25, 0.3) is 0 Å². The lowest BCUT2D eigenvalue weighted by atomic mass is 9.98. The van der Waals surface area contributed by atoms with Crippen LogP contribution in [0.5, 0.6) is 0 Å². The molecule has 2 atom stereocenters. The highest BCUT2D eigenvalue weighted by atomic mass is 16.2. The maximum Gasteiger partial charge on any atom is 0.229 e. The average molecular weight is 259 g/mol. The summed E-state index contributed by atoms with van der Waals surface area (Å²) >= 11 is 0. The third-order valence-corrected chi connectivity index (χ3v) is 3.19. The first-order valence-electron chi connectivity index (χ1n) is 6.53. The quantitative estimate of drug-likeness (QED) is 0.825. The number of rotatable bonds is 5. The molecule has 0 aromatic heterocycles. The van der Waals surface area contributed by atoms with E-state index in [1.54, 1.807) is 11.0 Å². The number of carbonyl (C=O) groups excluding carboxylic acids is 1. The molecule has 0 aliphatic carbocycles. The molecule has 102 valence electrons. The predicted molar refractivity (Wildman–Crippen MR) is 76.3 cm³/mol. The molecule has 0 bridgehead atoms. The zero-order chi connectivity index (χ0) is 14.4. The fourth-order valence-electron chi connectivity index (χ4n) is 1.99. The molecule has 2 unspecified atom stereocenters. The fraction of sp³-hybridized carbons (Fsp3) is 0.467. The molecule has 0 saturated heterocycles. The summed E-state index contributed by atoms with van der Waals surface area (Å²) in [6, 6.07) is 9.54. The Hall–Kier alpha value is -2.02. The van der Waals surface area contributed by atoms with Crippen LogP contribution in [0, 0.1) is 17.2 Å². The molecule has 1 aromatic rings. The molecule has 0 saturated carbocycles. The van der Waals surface area contributed by atoms with Crippen LogP contribution in [0.2, 0.25) is 0 Å². The molecule has 0 aliphatic rings. The van der Waals surface area contributed by atoms with Gasteiger partial charge in [-0.1, -0.05) is 12.1 Å². The standard InChI is InChI=1S/C15H21N3O/c1-4-18(10-11(2)9-16)15(19)12(3)13-6-5-7-14(17)8-13/h5-8,11-12H,4,10,17H2,1-3H3. The van der Waals surface area contributed by atoms with Gasteiger partial charge in [-0.15, -0.1) is 0 Å². The number of likely N-dealkylation sites (N-methyl/N-ethyl adjacent to an activating group) is 1. The number of hydrogen-bond donors (Lipinski definition) is 1. The molecule has 1 amide bonds. The smallest absolute Gasteiger partial charge is 0.229 e. The molecule has 19 heavy (non-hydrogen) atoms. The van der Waals surface area contributed by atoms with Gasteiger partial charge in [0.05, 0.1) is 17.9 Å². The van der Waals surface area contributed by atoms with Gasteiger partial charge in [-0.05, 0) is 38.5 Å². The Morgan fingerprint density at radius 2 is 2.16 bits per heavy atom. The van der Waals surface area contributed by atoms with Crippen molar-refractivity contribution in [2.24, 2.45) is 5.92 Å². The summed E-state index contributed by atoms with van der Waals surface area (Å²) in [5.41, 5.74) is 7.31. The van der Waals surface area contributed by atoms with Gasteiger partial charge >= 0.3 is 0 Å². The Bertz CT molecular complexity index is 479. The molecular formula is C15H21N3O. The predicted octanol–water partition coefficient (Wildman–Crippen LogP) is 2.38. The van der Waals surface area contributed by atoms with Crippen molar-refractivity contribution in [3.8, 4) is 6.07 Å². The van der Waals surface area contributed by atoms with Gasteiger partial charge in [-0.3, -0.25) is 4.79 Å². The minimum absolute atomic E-state index is 0.0372. The third kappa shape index (κ3) is 3.99. The Morgan fingerprint density at radius 3 is 2.68 bits per heavy atom. The number of nitrogens with two attached hydrogens (primary N) is 1. The maximum atomic E-state index is 12.4. The Morgan fingerprint density at radius 1 is 1.47 bits per heavy atom. The normalized spacial score (nSPS) is 13.4. The van der Waals surface area contributed by atoms with Gasteiger partial charge in [-0.2, -0.15) is 5.26 Å². The van der Waals surface area contributed by atoms with E-state index in [0.29, 0.717) is 18.8 Å². The molecular weight excluding hydrogens is 238 g/mol. The fourth-order valence-corrected chi connectivity index (χ4v) is 1.99. The van der Waals surface area contributed by atoms with E-state index in [1.807, 2.05) is 39.0 Å². The second kappa shape index (κ2) is 6.79. The van der Waals surface area contributed by atoms with E-state index in [4.69, 9.17) is 11.0 Å². The maximum absolute atomic E-state index is 12.4. The van der Waals surface area contributed by atoms with Crippen molar-refractivity contribution in [1.82, 2.24) is 4.90 Å². The highest BCUT2D eigenvalue weighted by molar-refractivity contribution is 5.83. The van der Waals surface area contributed by atoms with Gasteiger partial charge in [0.2, 0.25) is 5.91 Å². The SMILES string of the molecule is CCN(CC(C)C#N)C(=O)C(C)c1cccc(N)c1. The lowest BCUT2D eigenvalue weighted by Gasteiger charge is -2.25. The number of nitrogens with zero attached hydrogens (tertiary/aromatic N) is 2. The molecule has 2 N–H and O–H groups in total. The van der Waals surface area contributed by atoms with E-state index >= 15 is 0 Å². The van der Waals surface area contributed by atoms with Gasteiger partial charge in [0, 0.05) is 18.8 Å². The van der Waals surface area contributed by atoms with Crippen LogP contribution in [-0.4, -0.2) is 23.9 Å². The van der Waals surface area contributed by atoms with Crippen molar-refractivity contribution in [2.75, 3.05) is 18.8 Å². The number of benzene rings is 1. The van der Waals surface area contributed by atoms with E-state index < -0.39 is 0 Å². The molecule has 4 heteroatoms. The second-order valence-corrected chi connectivity index (χ2v) is 4.80. The van der Waals surface area contributed by atoms with E-state index in [9.17, 15) is 4.79 Å². The Labute approximate surface area is 114 Å². The molecule has 0 fully saturated rings. The van der Waals surface area contributed by atoms with Crippen molar-refractivity contribution >= 4 is 11.6 Å². The van der Waals surface area contributed by atoms with E-state index in [2.05, 4.69) is 6.07 Å². The van der Waals surface area contributed by atoms with Crippen LogP contribution >= 0.6 is 0 Å². The summed E-state index contributed by atoms with van der Waals surface area (Å²) in [6.07, 6.45) is 0.